The van der Waals surface area contributed by atoms with E-state index in [0.29, 0.717) is 25.9 Å². The predicted molar refractivity (Wildman–Crippen MR) is 65.7 cm³/mol. The maximum atomic E-state index is 11.8. The van der Waals surface area contributed by atoms with E-state index >= 15 is 0 Å². The number of hydrogen-bond donors (Lipinski definition) is 1. The van der Waals surface area contributed by atoms with Crippen molar-refractivity contribution in [1.29, 1.82) is 0 Å². The third kappa shape index (κ3) is 2.36. The third-order valence-corrected chi connectivity index (χ3v) is 3.00. The van der Waals surface area contributed by atoms with Crippen LogP contribution >= 0.6 is 0 Å². The standard InChI is InChI=1S/C13H16N2O2/c1-9(16)4-5-15-12-3-2-10(8-14)6-11(12)7-13(15)17/h2-3,6H,4-5,7-8,14H2,1H3. The molecule has 1 heterocycles. The van der Waals surface area contributed by atoms with E-state index in [0.717, 1.165) is 16.8 Å². The lowest BCUT2D eigenvalue weighted by Gasteiger charge is -2.16. The van der Waals surface area contributed by atoms with E-state index in [1.165, 1.54) is 0 Å². The summed E-state index contributed by atoms with van der Waals surface area (Å²) in [5.74, 6) is 0.167. The van der Waals surface area contributed by atoms with Gasteiger partial charge in [-0.25, -0.2) is 0 Å². The van der Waals surface area contributed by atoms with Crippen LogP contribution in [0.1, 0.15) is 24.5 Å². The number of amides is 1. The van der Waals surface area contributed by atoms with Crippen LogP contribution in [0.25, 0.3) is 0 Å². The first kappa shape index (κ1) is 11.8. The molecule has 2 rings (SSSR count). The van der Waals surface area contributed by atoms with Gasteiger partial charge in [0.25, 0.3) is 0 Å². The summed E-state index contributed by atoms with van der Waals surface area (Å²) in [6.07, 6.45) is 0.824. The molecule has 1 aliphatic heterocycles. The van der Waals surface area contributed by atoms with Gasteiger partial charge in [0.15, 0.2) is 0 Å². The number of carbonyl (C=O) groups is 2. The SMILES string of the molecule is CC(=O)CCN1C(=O)Cc2cc(CN)ccc21. The lowest BCUT2D eigenvalue weighted by atomic mass is 10.1. The molecule has 0 aliphatic carbocycles. The van der Waals surface area contributed by atoms with Crippen LogP contribution < -0.4 is 10.6 Å². The Balaban J connectivity index is 2.22. The molecule has 0 radical (unpaired) electrons. The molecule has 90 valence electrons. The second kappa shape index (κ2) is 4.67. The molecule has 1 amide bonds. The van der Waals surface area contributed by atoms with Crippen LogP contribution in [0.15, 0.2) is 18.2 Å². The van der Waals surface area contributed by atoms with Gasteiger partial charge in [0.1, 0.15) is 5.78 Å². The van der Waals surface area contributed by atoms with Crippen molar-refractivity contribution in [3.63, 3.8) is 0 Å². The van der Waals surface area contributed by atoms with E-state index in [4.69, 9.17) is 5.73 Å². The summed E-state index contributed by atoms with van der Waals surface area (Å²) >= 11 is 0. The molecule has 4 nitrogen and oxygen atoms in total. The minimum atomic E-state index is 0.0652. The Morgan fingerprint density at radius 1 is 1.47 bits per heavy atom. The summed E-state index contributed by atoms with van der Waals surface area (Å²) in [7, 11) is 0. The van der Waals surface area contributed by atoms with Gasteiger partial charge in [-0.3, -0.25) is 9.59 Å². The van der Waals surface area contributed by atoms with E-state index in [-0.39, 0.29) is 11.7 Å². The van der Waals surface area contributed by atoms with Crippen molar-refractivity contribution >= 4 is 17.4 Å². The topological polar surface area (TPSA) is 63.4 Å². The van der Waals surface area contributed by atoms with Crippen LogP contribution in [-0.2, 0) is 22.6 Å². The largest absolute Gasteiger partial charge is 0.326 e. The molecule has 0 spiro atoms. The molecule has 0 saturated heterocycles. The Morgan fingerprint density at radius 2 is 2.24 bits per heavy atom. The first-order valence-corrected chi connectivity index (χ1v) is 5.73. The number of Topliss-reactive ketones (excluding diaryl/α,β-unsaturated/α-hetero) is 1. The van der Waals surface area contributed by atoms with Crippen molar-refractivity contribution in [3.05, 3.63) is 29.3 Å². The molecular weight excluding hydrogens is 216 g/mol. The molecule has 0 unspecified atom stereocenters. The average molecular weight is 232 g/mol. The van der Waals surface area contributed by atoms with E-state index < -0.39 is 0 Å². The molecule has 1 aliphatic rings. The van der Waals surface area contributed by atoms with Crippen molar-refractivity contribution < 1.29 is 9.59 Å². The lowest BCUT2D eigenvalue weighted by Crippen LogP contribution is -2.28. The number of carbonyl (C=O) groups excluding carboxylic acids is 2. The van der Waals surface area contributed by atoms with Gasteiger partial charge in [-0.2, -0.15) is 0 Å². The van der Waals surface area contributed by atoms with Gasteiger partial charge in [-0.05, 0) is 24.1 Å². The molecule has 0 bridgehead atoms. The Hall–Kier alpha value is -1.68. The highest BCUT2D eigenvalue weighted by atomic mass is 16.2. The van der Waals surface area contributed by atoms with Crippen molar-refractivity contribution in [1.82, 2.24) is 0 Å². The molecule has 0 saturated carbocycles. The van der Waals surface area contributed by atoms with Gasteiger partial charge in [-0.1, -0.05) is 12.1 Å². The van der Waals surface area contributed by atoms with E-state index in [2.05, 4.69) is 0 Å². The zero-order chi connectivity index (χ0) is 12.4. The Labute approximate surface area is 100 Å². The van der Waals surface area contributed by atoms with Crippen LogP contribution in [0.4, 0.5) is 5.69 Å². The number of rotatable bonds is 4. The molecular formula is C13H16N2O2. The number of hydrogen-bond acceptors (Lipinski definition) is 3. The first-order valence-electron chi connectivity index (χ1n) is 5.73. The summed E-state index contributed by atoms with van der Waals surface area (Å²) in [6.45, 7) is 2.50. The van der Waals surface area contributed by atoms with Crippen LogP contribution in [0.3, 0.4) is 0 Å². The van der Waals surface area contributed by atoms with Crippen molar-refractivity contribution in [2.24, 2.45) is 5.73 Å². The second-order valence-corrected chi connectivity index (χ2v) is 4.34. The number of anilines is 1. The molecule has 17 heavy (non-hydrogen) atoms. The fraction of sp³-hybridized carbons (Fsp3) is 0.385. The van der Waals surface area contributed by atoms with Crippen molar-refractivity contribution in [2.75, 3.05) is 11.4 Å². The molecule has 0 fully saturated rings. The summed E-state index contributed by atoms with van der Waals surface area (Å²) < 4.78 is 0. The quantitative estimate of drug-likeness (QED) is 0.842. The molecule has 4 heteroatoms. The predicted octanol–water partition coefficient (Wildman–Crippen LogP) is 1.01. The van der Waals surface area contributed by atoms with Gasteiger partial charge in [0.2, 0.25) is 5.91 Å². The summed E-state index contributed by atoms with van der Waals surface area (Å²) in [5, 5.41) is 0. The van der Waals surface area contributed by atoms with E-state index in [1.54, 1.807) is 11.8 Å². The Kier molecular flexibility index (Phi) is 3.24. The number of ketones is 1. The number of benzene rings is 1. The highest BCUT2D eigenvalue weighted by Crippen LogP contribution is 2.29. The number of nitrogens with two attached hydrogens (primary N) is 1. The van der Waals surface area contributed by atoms with Crippen LogP contribution in [0.2, 0.25) is 0 Å². The Morgan fingerprint density at radius 3 is 2.88 bits per heavy atom. The maximum absolute atomic E-state index is 11.8. The molecule has 1 aromatic carbocycles. The maximum Gasteiger partial charge on any atom is 0.231 e. The minimum absolute atomic E-state index is 0.0652. The van der Waals surface area contributed by atoms with Crippen molar-refractivity contribution in [2.45, 2.75) is 26.3 Å². The van der Waals surface area contributed by atoms with Gasteiger partial charge in [0.05, 0.1) is 6.42 Å². The first-order chi connectivity index (χ1) is 8.11. The fourth-order valence-corrected chi connectivity index (χ4v) is 2.08. The summed E-state index contributed by atoms with van der Waals surface area (Å²) in [4.78, 5) is 24.5. The highest BCUT2D eigenvalue weighted by Gasteiger charge is 2.26. The summed E-state index contributed by atoms with van der Waals surface area (Å²) in [6, 6.07) is 5.82. The number of fused-ring (bicyclic) bond motifs is 1. The second-order valence-electron chi connectivity index (χ2n) is 4.34. The smallest absolute Gasteiger partial charge is 0.231 e. The third-order valence-electron chi connectivity index (χ3n) is 3.00. The molecule has 0 aromatic heterocycles. The Bertz CT molecular complexity index is 468. The fourth-order valence-electron chi connectivity index (χ4n) is 2.08. The number of nitrogens with zero attached hydrogens (tertiary/aromatic N) is 1. The van der Waals surface area contributed by atoms with Crippen LogP contribution in [0.5, 0.6) is 0 Å². The molecule has 2 N–H and O–H groups in total. The van der Waals surface area contributed by atoms with Crippen molar-refractivity contribution in [3.8, 4) is 0 Å². The zero-order valence-corrected chi connectivity index (χ0v) is 9.90. The minimum Gasteiger partial charge on any atom is -0.326 e. The summed E-state index contributed by atoms with van der Waals surface area (Å²) in [5.41, 5.74) is 8.54. The van der Waals surface area contributed by atoms with E-state index in [1.807, 2.05) is 18.2 Å². The molecule has 1 aromatic rings. The van der Waals surface area contributed by atoms with Crippen LogP contribution in [-0.4, -0.2) is 18.2 Å². The zero-order valence-electron chi connectivity index (χ0n) is 9.90. The monoisotopic (exact) mass is 232 g/mol. The lowest BCUT2D eigenvalue weighted by molar-refractivity contribution is -0.117. The molecule has 0 atom stereocenters. The van der Waals surface area contributed by atoms with Gasteiger partial charge in [-0.15, -0.1) is 0 Å². The highest BCUT2D eigenvalue weighted by molar-refractivity contribution is 6.01. The van der Waals surface area contributed by atoms with E-state index in [9.17, 15) is 9.59 Å². The average Bonchev–Trinajstić information content (AvgIpc) is 2.60. The van der Waals surface area contributed by atoms with Crippen LogP contribution in [0, 0.1) is 0 Å². The van der Waals surface area contributed by atoms with Gasteiger partial charge >= 0.3 is 0 Å². The normalized spacial score (nSPS) is 14.0. The van der Waals surface area contributed by atoms with Gasteiger partial charge in [0, 0.05) is 25.2 Å². The van der Waals surface area contributed by atoms with Gasteiger partial charge < -0.3 is 10.6 Å².